The minimum atomic E-state index is -1.07. The van der Waals surface area contributed by atoms with Gasteiger partial charge >= 0.3 is 5.97 Å². The van der Waals surface area contributed by atoms with Gasteiger partial charge in [-0.25, -0.2) is 0 Å². The van der Waals surface area contributed by atoms with Crippen LogP contribution in [-0.2, 0) is 9.59 Å². The van der Waals surface area contributed by atoms with E-state index < -0.39 is 12.0 Å². The number of carboxylic acids is 1. The summed E-state index contributed by atoms with van der Waals surface area (Å²) < 4.78 is 0. The number of nitrogens with one attached hydrogen (secondary N) is 1. The Kier molecular flexibility index (Phi) is 4.11. The second kappa shape index (κ2) is 5.80. The van der Waals surface area contributed by atoms with E-state index >= 15 is 0 Å². The average molecular weight is 294 g/mol. The summed E-state index contributed by atoms with van der Waals surface area (Å²) in [5, 5.41) is 21.1. The van der Waals surface area contributed by atoms with Crippen LogP contribution in [0.4, 0.5) is 5.69 Å². The molecule has 1 atom stereocenters. The highest BCUT2D eigenvalue weighted by molar-refractivity contribution is 6.30. The van der Waals surface area contributed by atoms with E-state index in [9.17, 15) is 9.59 Å². The normalized spacial score (nSPS) is 18.3. The molecule has 0 spiro atoms. The number of benzene rings is 1. The van der Waals surface area contributed by atoms with Crippen LogP contribution >= 0.6 is 11.6 Å². The summed E-state index contributed by atoms with van der Waals surface area (Å²) in [7, 11) is 0. The van der Waals surface area contributed by atoms with Crippen LogP contribution in [-0.4, -0.2) is 36.1 Å². The lowest BCUT2D eigenvalue weighted by Crippen LogP contribution is -2.56. The Morgan fingerprint density at radius 2 is 2.35 bits per heavy atom. The molecule has 0 bridgehead atoms. The van der Waals surface area contributed by atoms with Crippen molar-refractivity contribution in [2.24, 2.45) is 0 Å². The fourth-order valence-electron chi connectivity index (χ4n) is 2.22. The number of carbonyl (C=O) groups is 2. The van der Waals surface area contributed by atoms with E-state index in [1.807, 2.05) is 6.07 Å². The quantitative estimate of drug-likeness (QED) is 0.867. The first kappa shape index (κ1) is 14.2. The second-order valence-electron chi connectivity index (χ2n) is 4.37. The first-order valence-electron chi connectivity index (χ1n) is 5.98. The number of halogens is 1. The fourth-order valence-corrected chi connectivity index (χ4v) is 2.39. The number of aliphatic carboxylic acids is 1. The van der Waals surface area contributed by atoms with Crippen LogP contribution in [0.15, 0.2) is 18.2 Å². The van der Waals surface area contributed by atoms with Gasteiger partial charge in [0.15, 0.2) is 0 Å². The molecule has 1 heterocycles. The van der Waals surface area contributed by atoms with Gasteiger partial charge in [0.2, 0.25) is 5.91 Å². The van der Waals surface area contributed by atoms with Gasteiger partial charge in [-0.2, -0.15) is 5.26 Å². The highest BCUT2D eigenvalue weighted by Crippen LogP contribution is 2.27. The standard InChI is InChI=1S/C13H12ClN3O3/c14-9-1-2-10(8(5-9)7-15)17-4-3-16-13(20)11(17)6-12(18)19/h1-2,5,11H,3-4,6H2,(H,16,20)(H,18,19). The number of carbonyl (C=O) groups excluding carboxylic acids is 1. The molecule has 1 fully saturated rings. The fraction of sp³-hybridized carbons (Fsp3) is 0.308. The topological polar surface area (TPSA) is 93.4 Å². The van der Waals surface area contributed by atoms with Crippen LogP contribution in [0, 0.1) is 11.3 Å². The van der Waals surface area contributed by atoms with Crippen molar-refractivity contribution in [1.29, 1.82) is 5.26 Å². The number of amides is 1. The zero-order valence-electron chi connectivity index (χ0n) is 10.5. The maximum atomic E-state index is 11.9. The van der Waals surface area contributed by atoms with Gasteiger partial charge in [-0.1, -0.05) is 11.6 Å². The molecule has 104 valence electrons. The van der Waals surface area contributed by atoms with Crippen molar-refractivity contribution in [2.45, 2.75) is 12.5 Å². The van der Waals surface area contributed by atoms with Crippen LogP contribution in [0.3, 0.4) is 0 Å². The molecule has 6 nitrogen and oxygen atoms in total. The third-order valence-corrected chi connectivity index (χ3v) is 3.32. The lowest BCUT2D eigenvalue weighted by Gasteiger charge is -2.36. The number of piperazine rings is 1. The Morgan fingerprint density at radius 3 is 3.00 bits per heavy atom. The van der Waals surface area contributed by atoms with Crippen molar-refractivity contribution in [1.82, 2.24) is 5.32 Å². The Bertz CT molecular complexity index is 597. The maximum Gasteiger partial charge on any atom is 0.305 e. The number of nitrogens with zero attached hydrogens (tertiary/aromatic N) is 2. The summed E-state index contributed by atoms with van der Waals surface area (Å²) in [5.74, 6) is -1.41. The van der Waals surface area contributed by atoms with Gasteiger partial charge in [0.05, 0.1) is 17.7 Å². The molecule has 7 heteroatoms. The summed E-state index contributed by atoms with van der Waals surface area (Å²) in [4.78, 5) is 24.4. The molecule has 1 amide bonds. The predicted molar refractivity (Wildman–Crippen MR) is 72.6 cm³/mol. The molecule has 0 radical (unpaired) electrons. The van der Waals surface area contributed by atoms with Crippen LogP contribution in [0.2, 0.25) is 5.02 Å². The molecule has 1 aliphatic rings. The molecule has 20 heavy (non-hydrogen) atoms. The van der Waals surface area contributed by atoms with Crippen LogP contribution in [0.1, 0.15) is 12.0 Å². The molecule has 2 rings (SSSR count). The minimum absolute atomic E-state index is 0.320. The van der Waals surface area contributed by atoms with Crippen molar-refractivity contribution < 1.29 is 14.7 Å². The smallest absolute Gasteiger partial charge is 0.305 e. The Morgan fingerprint density at radius 1 is 1.60 bits per heavy atom. The molecule has 1 aliphatic heterocycles. The van der Waals surface area contributed by atoms with Crippen LogP contribution in [0.25, 0.3) is 0 Å². The third-order valence-electron chi connectivity index (χ3n) is 3.09. The highest BCUT2D eigenvalue weighted by atomic mass is 35.5. The number of nitriles is 1. The summed E-state index contributed by atoms with van der Waals surface area (Å²) in [6.07, 6.45) is -0.320. The Hall–Kier alpha value is -2.26. The van der Waals surface area contributed by atoms with Gasteiger partial charge in [0, 0.05) is 18.1 Å². The first-order valence-corrected chi connectivity index (χ1v) is 6.36. The van der Waals surface area contributed by atoms with E-state index in [-0.39, 0.29) is 12.3 Å². The van der Waals surface area contributed by atoms with Gasteiger partial charge in [0.1, 0.15) is 12.1 Å². The molecule has 0 aromatic heterocycles. The maximum absolute atomic E-state index is 11.9. The first-order chi connectivity index (χ1) is 9.52. The number of rotatable bonds is 3. The van der Waals surface area contributed by atoms with Crippen molar-refractivity contribution in [3.8, 4) is 6.07 Å². The monoisotopic (exact) mass is 293 g/mol. The zero-order chi connectivity index (χ0) is 14.7. The molecule has 1 saturated heterocycles. The number of hydrogen-bond acceptors (Lipinski definition) is 4. The molecule has 1 aromatic rings. The van der Waals surface area contributed by atoms with Crippen molar-refractivity contribution >= 4 is 29.2 Å². The van der Waals surface area contributed by atoms with E-state index in [2.05, 4.69) is 5.32 Å². The summed E-state index contributed by atoms with van der Waals surface area (Å²) in [6, 6.07) is 5.94. The second-order valence-corrected chi connectivity index (χ2v) is 4.81. The zero-order valence-corrected chi connectivity index (χ0v) is 11.2. The molecule has 2 N–H and O–H groups in total. The van der Waals surface area contributed by atoms with E-state index in [1.54, 1.807) is 17.0 Å². The molecule has 1 aromatic carbocycles. The summed E-state index contributed by atoms with van der Waals surface area (Å²) in [5.41, 5.74) is 0.848. The third kappa shape index (κ3) is 2.83. The Balaban J connectivity index is 2.40. The van der Waals surface area contributed by atoms with E-state index in [0.717, 1.165) is 0 Å². The summed E-state index contributed by atoms with van der Waals surface area (Å²) >= 11 is 5.84. The lowest BCUT2D eigenvalue weighted by atomic mass is 10.1. The lowest BCUT2D eigenvalue weighted by molar-refractivity contribution is -0.139. The van der Waals surface area contributed by atoms with Gasteiger partial charge < -0.3 is 15.3 Å². The number of carboxylic acid groups (broad SMARTS) is 1. The van der Waals surface area contributed by atoms with Crippen molar-refractivity contribution in [3.63, 3.8) is 0 Å². The van der Waals surface area contributed by atoms with Crippen molar-refractivity contribution in [3.05, 3.63) is 28.8 Å². The number of hydrogen-bond donors (Lipinski definition) is 2. The van der Waals surface area contributed by atoms with Gasteiger partial charge in [-0.05, 0) is 18.2 Å². The highest BCUT2D eigenvalue weighted by Gasteiger charge is 2.32. The van der Waals surface area contributed by atoms with Gasteiger partial charge in [-0.15, -0.1) is 0 Å². The van der Waals surface area contributed by atoms with Gasteiger partial charge in [0.25, 0.3) is 0 Å². The molecule has 0 saturated carbocycles. The molecular weight excluding hydrogens is 282 g/mol. The van der Waals surface area contributed by atoms with E-state index in [1.165, 1.54) is 6.07 Å². The molecule has 1 unspecified atom stereocenters. The average Bonchev–Trinajstić information content (AvgIpc) is 2.41. The van der Waals surface area contributed by atoms with E-state index in [0.29, 0.717) is 29.4 Å². The SMILES string of the molecule is N#Cc1cc(Cl)ccc1N1CCNC(=O)C1CC(=O)O. The van der Waals surface area contributed by atoms with Gasteiger partial charge in [-0.3, -0.25) is 9.59 Å². The minimum Gasteiger partial charge on any atom is -0.481 e. The number of anilines is 1. The van der Waals surface area contributed by atoms with Crippen molar-refractivity contribution in [2.75, 3.05) is 18.0 Å². The van der Waals surface area contributed by atoms with Crippen LogP contribution in [0.5, 0.6) is 0 Å². The molecule has 0 aliphatic carbocycles. The molecular formula is C13H12ClN3O3. The Labute approximate surface area is 120 Å². The largest absolute Gasteiger partial charge is 0.481 e. The summed E-state index contributed by atoms with van der Waals surface area (Å²) in [6.45, 7) is 0.850. The van der Waals surface area contributed by atoms with Crippen LogP contribution < -0.4 is 10.2 Å². The van der Waals surface area contributed by atoms with E-state index in [4.69, 9.17) is 22.0 Å². The predicted octanol–water partition coefficient (Wildman–Crippen LogP) is 0.991.